The van der Waals surface area contributed by atoms with Crippen molar-refractivity contribution in [2.24, 2.45) is 17.3 Å². The molecule has 1 saturated carbocycles. The van der Waals surface area contributed by atoms with Gasteiger partial charge in [0.1, 0.15) is 5.75 Å². The number of aromatic hydroxyl groups is 1. The van der Waals surface area contributed by atoms with Crippen molar-refractivity contribution in [2.45, 2.75) is 79.1 Å². The first-order valence-electron chi connectivity index (χ1n) is 11.8. The highest BCUT2D eigenvalue weighted by molar-refractivity contribution is 5.88. The normalized spacial score (nSPS) is 24.9. The maximum atomic E-state index is 12.0. The summed E-state index contributed by atoms with van der Waals surface area (Å²) in [5.74, 6) is 2.27. The summed E-state index contributed by atoms with van der Waals surface area (Å²) in [6.07, 6.45) is 8.47. The Morgan fingerprint density at radius 3 is 2.74 bits per heavy atom. The smallest absolute Gasteiger partial charge is 0.222 e. The van der Waals surface area contributed by atoms with Crippen LogP contribution in [0.25, 0.3) is 11.3 Å². The molecular formula is C26H35N3O2. The number of anilines is 1. The van der Waals surface area contributed by atoms with Crippen molar-refractivity contribution in [3.8, 4) is 17.0 Å². The zero-order valence-corrected chi connectivity index (χ0v) is 19.3. The predicted molar refractivity (Wildman–Crippen MR) is 124 cm³/mol. The molecule has 5 nitrogen and oxygen atoms in total. The highest BCUT2D eigenvalue weighted by Gasteiger charge is 2.39. The summed E-state index contributed by atoms with van der Waals surface area (Å²) in [6, 6.07) is 5.51. The standard InChI is InChI=1S/C26H35N3O2/c1-5-18-11-16(3)13-26(6-2,14-18)15-23-25(27-17(4)30)29-22-10-7-19-12-20(31)8-9-21(19)24(22)28-23/h8-9,12,16,18,31H,5-7,10-11,13-15H2,1-4H3,(H,27,29,30). The molecule has 5 heteroatoms. The number of aromatic nitrogens is 2. The number of nitrogens with zero attached hydrogens (tertiary/aromatic N) is 2. The Hall–Kier alpha value is -2.43. The predicted octanol–water partition coefficient (Wildman–Crippen LogP) is 5.69. The van der Waals surface area contributed by atoms with Crippen LogP contribution in [-0.2, 0) is 24.1 Å². The third-order valence-corrected chi connectivity index (χ3v) is 7.42. The van der Waals surface area contributed by atoms with Crippen LogP contribution in [0.15, 0.2) is 18.2 Å². The number of nitrogens with one attached hydrogen (secondary N) is 1. The Bertz CT molecular complexity index is 987. The van der Waals surface area contributed by atoms with E-state index in [-0.39, 0.29) is 17.1 Å². The van der Waals surface area contributed by atoms with Crippen LogP contribution >= 0.6 is 0 Å². The van der Waals surface area contributed by atoms with E-state index in [1.165, 1.54) is 32.6 Å². The monoisotopic (exact) mass is 421 g/mol. The number of hydrogen-bond donors (Lipinski definition) is 2. The van der Waals surface area contributed by atoms with Crippen molar-refractivity contribution in [3.05, 3.63) is 35.2 Å². The quantitative estimate of drug-likeness (QED) is 0.650. The van der Waals surface area contributed by atoms with E-state index in [4.69, 9.17) is 9.97 Å². The third-order valence-electron chi connectivity index (χ3n) is 7.42. The van der Waals surface area contributed by atoms with E-state index in [1.807, 2.05) is 12.1 Å². The fourth-order valence-corrected chi connectivity index (χ4v) is 5.95. The number of rotatable bonds is 5. The minimum atomic E-state index is -0.106. The number of fused-ring (bicyclic) bond motifs is 3. The molecule has 0 saturated heterocycles. The zero-order chi connectivity index (χ0) is 22.2. The van der Waals surface area contributed by atoms with Gasteiger partial charge in [-0.3, -0.25) is 4.79 Å². The van der Waals surface area contributed by atoms with Crippen LogP contribution in [0, 0.1) is 17.3 Å². The summed E-state index contributed by atoms with van der Waals surface area (Å²) in [5, 5.41) is 12.9. The summed E-state index contributed by atoms with van der Waals surface area (Å²) in [6.45, 7) is 8.51. The highest BCUT2D eigenvalue weighted by atomic mass is 16.3. The Morgan fingerprint density at radius 2 is 2.03 bits per heavy atom. The molecule has 3 unspecified atom stereocenters. The molecule has 1 heterocycles. The van der Waals surface area contributed by atoms with Crippen molar-refractivity contribution in [2.75, 3.05) is 5.32 Å². The molecule has 4 rings (SSSR count). The molecule has 0 aliphatic heterocycles. The molecule has 31 heavy (non-hydrogen) atoms. The van der Waals surface area contributed by atoms with Crippen LogP contribution in [0.1, 0.15) is 76.8 Å². The van der Waals surface area contributed by atoms with E-state index in [0.29, 0.717) is 11.7 Å². The van der Waals surface area contributed by atoms with Gasteiger partial charge in [-0.1, -0.05) is 33.6 Å². The van der Waals surface area contributed by atoms with Gasteiger partial charge in [0.2, 0.25) is 5.91 Å². The van der Waals surface area contributed by atoms with Crippen LogP contribution in [0.3, 0.4) is 0 Å². The number of carbonyl (C=O) groups excluding carboxylic acids is 1. The van der Waals surface area contributed by atoms with E-state index in [1.54, 1.807) is 6.07 Å². The fraction of sp³-hybridized carbons (Fsp3) is 0.577. The maximum absolute atomic E-state index is 12.0. The lowest BCUT2D eigenvalue weighted by Gasteiger charge is -2.43. The molecule has 0 bridgehead atoms. The van der Waals surface area contributed by atoms with Gasteiger partial charge in [0.05, 0.1) is 17.1 Å². The first-order chi connectivity index (χ1) is 14.8. The minimum absolute atomic E-state index is 0.106. The molecule has 0 spiro atoms. The molecule has 3 atom stereocenters. The number of benzene rings is 1. The van der Waals surface area contributed by atoms with Gasteiger partial charge in [0.15, 0.2) is 5.82 Å². The summed E-state index contributed by atoms with van der Waals surface area (Å²) in [4.78, 5) is 22.0. The fourth-order valence-electron chi connectivity index (χ4n) is 5.95. The van der Waals surface area contributed by atoms with Gasteiger partial charge in [-0.25, -0.2) is 9.97 Å². The summed E-state index contributed by atoms with van der Waals surface area (Å²) < 4.78 is 0. The van der Waals surface area contributed by atoms with Crippen molar-refractivity contribution >= 4 is 11.7 Å². The lowest BCUT2D eigenvalue weighted by Crippen LogP contribution is -2.34. The van der Waals surface area contributed by atoms with E-state index in [2.05, 4.69) is 26.1 Å². The van der Waals surface area contributed by atoms with Gasteiger partial charge < -0.3 is 10.4 Å². The molecule has 0 radical (unpaired) electrons. The number of hydrogen-bond acceptors (Lipinski definition) is 4. The van der Waals surface area contributed by atoms with Gasteiger partial charge in [0, 0.05) is 12.5 Å². The molecule has 1 aromatic carbocycles. The molecule has 2 aliphatic carbocycles. The first kappa shape index (κ1) is 21.8. The van der Waals surface area contributed by atoms with Crippen LogP contribution in [0.5, 0.6) is 5.75 Å². The molecular weight excluding hydrogens is 386 g/mol. The van der Waals surface area contributed by atoms with Crippen molar-refractivity contribution < 1.29 is 9.90 Å². The summed E-state index contributed by atoms with van der Waals surface area (Å²) in [7, 11) is 0. The molecule has 1 aromatic heterocycles. The molecule has 2 aliphatic rings. The number of amides is 1. The zero-order valence-electron chi connectivity index (χ0n) is 19.3. The molecule has 1 amide bonds. The Morgan fingerprint density at radius 1 is 1.23 bits per heavy atom. The molecule has 166 valence electrons. The molecule has 2 N–H and O–H groups in total. The molecule has 2 aromatic rings. The number of carbonyl (C=O) groups is 1. The number of aryl methyl sites for hydroxylation is 2. The Labute approximate surface area is 185 Å². The second kappa shape index (κ2) is 8.60. The van der Waals surface area contributed by atoms with Crippen molar-refractivity contribution in [3.63, 3.8) is 0 Å². The lowest BCUT2D eigenvalue weighted by molar-refractivity contribution is -0.114. The van der Waals surface area contributed by atoms with Crippen molar-refractivity contribution in [1.29, 1.82) is 0 Å². The van der Waals surface area contributed by atoms with Gasteiger partial charge in [-0.15, -0.1) is 0 Å². The van der Waals surface area contributed by atoms with Gasteiger partial charge in [-0.05, 0) is 79.5 Å². The van der Waals surface area contributed by atoms with Crippen LogP contribution in [-0.4, -0.2) is 21.0 Å². The second-order valence-electron chi connectivity index (χ2n) is 9.89. The van der Waals surface area contributed by atoms with Crippen LogP contribution < -0.4 is 5.32 Å². The minimum Gasteiger partial charge on any atom is -0.508 e. The number of phenolic OH excluding ortho intramolecular Hbond substituents is 1. The molecule has 1 fully saturated rings. The maximum Gasteiger partial charge on any atom is 0.222 e. The van der Waals surface area contributed by atoms with E-state index in [9.17, 15) is 9.90 Å². The lowest BCUT2D eigenvalue weighted by atomic mass is 9.62. The Balaban J connectivity index is 1.78. The average molecular weight is 422 g/mol. The summed E-state index contributed by atoms with van der Waals surface area (Å²) >= 11 is 0. The van der Waals surface area contributed by atoms with E-state index in [0.717, 1.165) is 59.8 Å². The topological polar surface area (TPSA) is 75.1 Å². The SMILES string of the molecule is CCC1CC(C)CC(CC)(Cc2nc3c(nc2NC(C)=O)CCc2cc(O)ccc2-3)C1. The van der Waals surface area contributed by atoms with E-state index >= 15 is 0 Å². The average Bonchev–Trinajstić information content (AvgIpc) is 2.73. The largest absolute Gasteiger partial charge is 0.508 e. The summed E-state index contributed by atoms with van der Waals surface area (Å²) in [5.41, 5.74) is 5.10. The highest BCUT2D eigenvalue weighted by Crippen LogP contribution is 2.48. The van der Waals surface area contributed by atoms with Gasteiger partial charge >= 0.3 is 0 Å². The van der Waals surface area contributed by atoms with Gasteiger partial charge in [0.25, 0.3) is 0 Å². The van der Waals surface area contributed by atoms with E-state index < -0.39 is 0 Å². The van der Waals surface area contributed by atoms with Crippen LogP contribution in [0.2, 0.25) is 0 Å². The second-order valence-corrected chi connectivity index (χ2v) is 9.89. The first-order valence-corrected chi connectivity index (χ1v) is 11.8. The Kier molecular flexibility index (Phi) is 6.05. The van der Waals surface area contributed by atoms with Crippen LogP contribution in [0.4, 0.5) is 5.82 Å². The number of phenols is 1. The van der Waals surface area contributed by atoms with Gasteiger partial charge in [-0.2, -0.15) is 0 Å². The third kappa shape index (κ3) is 4.46. The van der Waals surface area contributed by atoms with Crippen molar-refractivity contribution in [1.82, 2.24) is 9.97 Å².